The Kier molecular flexibility index (Phi) is 4.81. The van der Waals surface area contributed by atoms with Crippen molar-refractivity contribution in [2.45, 2.75) is 24.4 Å². The van der Waals surface area contributed by atoms with Crippen molar-refractivity contribution in [1.82, 2.24) is 25.1 Å². The predicted octanol–water partition coefficient (Wildman–Crippen LogP) is 3.22. The first-order valence-corrected chi connectivity index (χ1v) is 9.68. The molecule has 25 heavy (non-hydrogen) atoms. The molecule has 0 spiro atoms. The van der Waals surface area contributed by atoms with Gasteiger partial charge in [0.2, 0.25) is 5.16 Å². The van der Waals surface area contributed by atoms with Gasteiger partial charge in [-0.05, 0) is 45.0 Å². The quantitative estimate of drug-likeness (QED) is 0.561. The molecule has 0 atom stereocenters. The fraction of sp³-hybridized carbons (Fsp3) is 0.444. The van der Waals surface area contributed by atoms with Crippen molar-refractivity contribution in [1.29, 1.82) is 5.26 Å². The summed E-state index contributed by atoms with van der Waals surface area (Å²) >= 11 is 1.66. The van der Waals surface area contributed by atoms with Crippen LogP contribution in [-0.4, -0.2) is 50.5 Å². The van der Waals surface area contributed by atoms with Gasteiger partial charge >= 0.3 is 0 Å². The number of nitriles is 1. The van der Waals surface area contributed by atoms with Crippen LogP contribution in [0.25, 0.3) is 22.1 Å². The summed E-state index contributed by atoms with van der Waals surface area (Å²) in [4.78, 5) is 10.4. The summed E-state index contributed by atoms with van der Waals surface area (Å²) in [6.07, 6.45) is 3.11. The van der Waals surface area contributed by atoms with E-state index < -0.39 is 0 Å². The van der Waals surface area contributed by atoms with Gasteiger partial charge < -0.3 is 9.88 Å². The van der Waals surface area contributed by atoms with Crippen LogP contribution in [0.5, 0.6) is 0 Å². The molecule has 1 fully saturated rings. The lowest BCUT2D eigenvalue weighted by atomic mass is 9.99. The van der Waals surface area contributed by atoms with E-state index in [2.05, 4.69) is 31.1 Å². The molecule has 6 nitrogen and oxygen atoms in total. The Hall–Kier alpha value is -2.17. The van der Waals surface area contributed by atoms with Gasteiger partial charge in [-0.2, -0.15) is 5.26 Å². The molecule has 7 heteroatoms. The zero-order valence-corrected chi connectivity index (χ0v) is 14.8. The number of nitrogens with zero attached hydrogens (tertiary/aromatic N) is 5. The molecule has 0 bridgehead atoms. The maximum absolute atomic E-state index is 8.94. The summed E-state index contributed by atoms with van der Waals surface area (Å²) in [5.74, 6) is 1.24. The molecule has 0 unspecified atom stereocenters. The highest BCUT2D eigenvalue weighted by Gasteiger charge is 2.18. The highest BCUT2D eigenvalue weighted by Crippen LogP contribution is 2.23. The fourth-order valence-electron chi connectivity index (χ4n) is 3.30. The van der Waals surface area contributed by atoms with E-state index in [0.29, 0.717) is 0 Å². The van der Waals surface area contributed by atoms with Gasteiger partial charge in [-0.25, -0.2) is 4.98 Å². The molecule has 1 aliphatic heterocycles. The van der Waals surface area contributed by atoms with E-state index in [9.17, 15) is 0 Å². The number of hydrogen-bond acceptors (Lipinski definition) is 6. The van der Waals surface area contributed by atoms with Crippen LogP contribution in [0.2, 0.25) is 0 Å². The zero-order valence-electron chi connectivity index (χ0n) is 14.0. The van der Waals surface area contributed by atoms with Crippen molar-refractivity contribution in [3.8, 4) is 6.07 Å². The van der Waals surface area contributed by atoms with Crippen LogP contribution < -0.4 is 0 Å². The second kappa shape index (κ2) is 7.38. The highest BCUT2D eigenvalue weighted by atomic mass is 32.2. The van der Waals surface area contributed by atoms with Crippen LogP contribution in [0, 0.1) is 17.2 Å². The largest absolute Gasteiger partial charge is 0.338 e. The number of hydrogen-bond donors (Lipinski definition) is 1. The number of H-pyrrole nitrogens is 1. The maximum Gasteiger partial charge on any atom is 0.211 e. The van der Waals surface area contributed by atoms with E-state index in [4.69, 9.17) is 5.26 Å². The third-order valence-electron chi connectivity index (χ3n) is 4.72. The maximum atomic E-state index is 8.94. The number of benzene rings is 1. The molecule has 3 aromatic rings. The number of para-hydroxylation sites is 1. The van der Waals surface area contributed by atoms with Gasteiger partial charge in [0, 0.05) is 22.6 Å². The third-order valence-corrected chi connectivity index (χ3v) is 5.65. The predicted molar refractivity (Wildman–Crippen MR) is 99.3 cm³/mol. The molecule has 1 N–H and O–H groups in total. The summed E-state index contributed by atoms with van der Waals surface area (Å²) in [5.41, 5.74) is 2.68. The van der Waals surface area contributed by atoms with E-state index in [1.54, 1.807) is 11.8 Å². The number of piperidine rings is 1. The number of nitrogens with one attached hydrogen (secondary N) is 1. The van der Waals surface area contributed by atoms with E-state index in [-0.39, 0.29) is 5.92 Å². The van der Waals surface area contributed by atoms with Gasteiger partial charge in [0.1, 0.15) is 5.52 Å². The molecular formula is C18H20N6S. The minimum Gasteiger partial charge on any atom is -0.338 e. The minimum atomic E-state index is 0.258. The first-order chi connectivity index (χ1) is 12.3. The number of thioether (sulfide) groups is 1. The molecule has 2 aromatic heterocycles. The van der Waals surface area contributed by atoms with Gasteiger partial charge in [0.25, 0.3) is 0 Å². The van der Waals surface area contributed by atoms with E-state index in [1.165, 1.54) is 0 Å². The van der Waals surface area contributed by atoms with E-state index in [1.807, 2.05) is 24.3 Å². The van der Waals surface area contributed by atoms with Crippen molar-refractivity contribution in [2.24, 2.45) is 5.92 Å². The first kappa shape index (κ1) is 16.3. The molecule has 0 aliphatic carbocycles. The van der Waals surface area contributed by atoms with Crippen LogP contribution in [-0.2, 0) is 0 Å². The molecule has 4 rings (SSSR count). The number of rotatable bonds is 5. The summed E-state index contributed by atoms with van der Waals surface area (Å²) < 4.78 is 0. The Morgan fingerprint density at radius 2 is 2.08 bits per heavy atom. The lowest BCUT2D eigenvalue weighted by Crippen LogP contribution is -2.34. The van der Waals surface area contributed by atoms with Crippen molar-refractivity contribution < 1.29 is 0 Å². The number of fused-ring (bicyclic) bond motifs is 3. The lowest BCUT2D eigenvalue weighted by molar-refractivity contribution is 0.206. The molecule has 3 heterocycles. The molecule has 1 saturated heterocycles. The minimum absolute atomic E-state index is 0.258. The van der Waals surface area contributed by atoms with Crippen molar-refractivity contribution in [2.75, 3.05) is 25.4 Å². The SMILES string of the molecule is N#CC1CCN(CCCSc2nnc3c(n2)[nH]c2ccccc23)CC1. The van der Waals surface area contributed by atoms with Gasteiger partial charge in [-0.15, -0.1) is 10.2 Å². The summed E-state index contributed by atoms with van der Waals surface area (Å²) in [5, 5.41) is 19.4. The second-order valence-electron chi connectivity index (χ2n) is 6.41. The summed E-state index contributed by atoms with van der Waals surface area (Å²) in [6.45, 7) is 3.16. The average Bonchev–Trinajstić information content (AvgIpc) is 3.03. The van der Waals surface area contributed by atoms with Crippen LogP contribution in [0.1, 0.15) is 19.3 Å². The molecule has 0 amide bonds. The van der Waals surface area contributed by atoms with Crippen molar-refractivity contribution in [3.05, 3.63) is 24.3 Å². The smallest absolute Gasteiger partial charge is 0.211 e. The topological polar surface area (TPSA) is 81.5 Å². The summed E-state index contributed by atoms with van der Waals surface area (Å²) in [6, 6.07) is 10.4. The average molecular weight is 352 g/mol. The summed E-state index contributed by atoms with van der Waals surface area (Å²) in [7, 11) is 0. The van der Waals surface area contributed by atoms with Crippen LogP contribution in [0.15, 0.2) is 29.4 Å². The van der Waals surface area contributed by atoms with Gasteiger partial charge in [0.15, 0.2) is 5.65 Å². The molecular weight excluding hydrogens is 332 g/mol. The number of likely N-dealkylation sites (tertiary alicyclic amines) is 1. The third kappa shape index (κ3) is 3.60. The van der Waals surface area contributed by atoms with E-state index in [0.717, 1.165) is 71.9 Å². The van der Waals surface area contributed by atoms with Crippen LogP contribution >= 0.6 is 11.8 Å². The second-order valence-corrected chi connectivity index (χ2v) is 7.47. The van der Waals surface area contributed by atoms with Crippen LogP contribution in [0.3, 0.4) is 0 Å². The Bertz CT molecular complexity index is 907. The lowest BCUT2D eigenvalue weighted by Gasteiger charge is -2.28. The van der Waals surface area contributed by atoms with Gasteiger partial charge in [-0.3, -0.25) is 0 Å². The normalized spacial score (nSPS) is 16.4. The van der Waals surface area contributed by atoms with Crippen molar-refractivity contribution >= 4 is 33.8 Å². The van der Waals surface area contributed by atoms with E-state index >= 15 is 0 Å². The number of aromatic amines is 1. The fourth-order valence-corrected chi connectivity index (χ4v) is 4.01. The standard InChI is InChI=1S/C18H20N6S/c19-12-13-6-9-24(10-7-13)8-3-11-25-18-21-17-16(22-23-18)14-4-1-2-5-15(14)20-17/h1-2,4-5,13H,3,6-11H2,(H,20,21,23). The van der Waals surface area contributed by atoms with Crippen LogP contribution in [0.4, 0.5) is 0 Å². The first-order valence-electron chi connectivity index (χ1n) is 8.69. The zero-order chi connectivity index (χ0) is 17.1. The molecule has 1 aliphatic rings. The van der Waals surface area contributed by atoms with Gasteiger partial charge in [0.05, 0.1) is 6.07 Å². The van der Waals surface area contributed by atoms with Crippen molar-refractivity contribution in [3.63, 3.8) is 0 Å². The Morgan fingerprint density at radius 1 is 1.24 bits per heavy atom. The number of aromatic nitrogens is 4. The monoisotopic (exact) mass is 352 g/mol. The molecule has 1 aromatic carbocycles. The molecule has 0 radical (unpaired) electrons. The molecule has 128 valence electrons. The highest BCUT2D eigenvalue weighted by molar-refractivity contribution is 7.99. The Morgan fingerprint density at radius 3 is 2.92 bits per heavy atom. The molecule has 0 saturated carbocycles. The Balaban J connectivity index is 1.31. The Labute approximate surface area is 150 Å². The van der Waals surface area contributed by atoms with Gasteiger partial charge in [-0.1, -0.05) is 30.0 Å².